The molecule has 2 amide bonds. The third-order valence-electron chi connectivity index (χ3n) is 4.27. The number of amides is 2. The number of carboxylic acid groups (broad SMARTS) is 1. The molecule has 0 unspecified atom stereocenters. The Labute approximate surface area is 149 Å². The van der Waals surface area contributed by atoms with E-state index in [1.54, 1.807) is 18.0 Å². The smallest absolute Gasteiger partial charge is 0.306 e. The number of piperidine rings is 1. The molecule has 0 aromatic heterocycles. The molecule has 0 bridgehead atoms. The predicted molar refractivity (Wildman–Crippen MR) is 92.8 cm³/mol. The number of rotatable bonds is 4. The summed E-state index contributed by atoms with van der Waals surface area (Å²) in [6.45, 7) is 2.77. The molecule has 1 N–H and O–H groups in total. The van der Waals surface area contributed by atoms with Crippen LogP contribution in [-0.2, 0) is 9.59 Å². The van der Waals surface area contributed by atoms with Crippen molar-refractivity contribution in [3.63, 3.8) is 0 Å². The van der Waals surface area contributed by atoms with Crippen LogP contribution < -0.4 is 0 Å². The van der Waals surface area contributed by atoms with Gasteiger partial charge in [-0.15, -0.1) is 0 Å². The van der Waals surface area contributed by atoms with Gasteiger partial charge in [0.15, 0.2) is 0 Å². The van der Waals surface area contributed by atoms with Gasteiger partial charge in [0.05, 0.1) is 18.0 Å². The third-order valence-corrected chi connectivity index (χ3v) is 4.93. The van der Waals surface area contributed by atoms with Crippen LogP contribution in [0, 0.1) is 12.8 Å². The number of hydrogen-bond donors (Lipinski definition) is 1. The summed E-state index contributed by atoms with van der Waals surface area (Å²) in [6.07, 6.45) is 0.921. The number of halogens is 1. The molecule has 0 saturated carbocycles. The molecule has 0 radical (unpaired) electrons. The van der Waals surface area contributed by atoms with Gasteiger partial charge in [-0.3, -0.25) is 14.4 Å². The average molecular weight is 397 g/mol. The van der Waals surface area contributed by atoms with Crippen LogP contribution in [0.5, 0.6) is 0 Å². The topological polar surface area (TPSA) is 77.9 Å². The van der Waals surface area contributed by atoms with E-state index in [9.17, 15) is 14.4 Å². The quantitative estimate of drug-likeness (QED) is 0.845. The summed E-state index contributed by atoms with van der Waals surface area (Å²) in [6, 6.07) is 5.45. The highest BCUT2D eigenvalue weighted by Crippen LogP contribution is 2.20. The van der Waals surface area contributed by atoms with E-state index in [1.165, 1.54) is 4.90 Å². The van der Waals surface area contributed by atoms with E-state index in [-0.39, 0.29) is 24.3 Å². The normalized spacial score (nSPS) is 15.2. The summed E-state index contributed by atoms with van der Waals surface area (Å²) in [5.74, 6) is -1.57. The van der Waals surface area contributed by atoms with E-state index in [4.69, 9.17) is 5.11 Å². The van der Waals surface area contributed by atoms with Gasteiger partial charge in [-0.1, -0.05) is 6.07 Å². The Balaban J connectivity index is 1.94. The second-order valence-corrected chi connectivity index (χ2v) is 6.99. The number of aryl methyl sites for hydroxylation is 1. The highest BCUT2D eigenvalue weighted by molar-refractivity contribution is 9.10. The van der Waals surface area contributed by atoms with E-state index in [2.05, 4.69) is 15.9 Å². The maximum atomic E-state index is 12.5. The zero-order valence-electron chi connectivity index (χ0n) is 13.8. The van der Waals surface area contributed by atoms with Crippen LogP contribution in [0.3, 0.4) is 0 Å². The van der Waals surface area contributed by atoms with Gasteiger partial charge >= 0.3 is 5.97 Å². The van der Waals surface area contributed by atoms with Crippen LogP contribution in [0.15, 0.2) is 22.7 Å². The Bertz CT molecular complexity index is 654. The zero-order chi connectivity index (χ0) is 17.9. The molecule has 24 heavy (non-hydrogen) atoms. The number of likely N-dealkylation sites (tertiary alicyclic amines) is 1. The Kier molecular flexibility index (Phi) is 5.99. The summed E-state index contributed by atoms with van der Waals surface area (Å²) in [5.41, 5.74) is 1.55. The first-order valence-corrected chi connectivity index (χ1v) is 8.61. The number of nitrogens with zero attached hydrogens (tertiary/aromatic N) is 2. The Hall–Kier alpha value is -1.89. The first-order valence-electron chi connectivity index (χ1n) is 7.81. The van der Waals surface area contributed by atoms with Gasteiger partial charge in [-0.25, -0.2) is 0 Å². The SMILES string of the molecule is Cc1ccc(C(=O)N(C)CC(=O)N2CCC(C(=O)O)CC2)c(Br)c1. The standard InChI is InChI=1S/C17H21BrN2O4/c1-11-3-4-13(14(18)9-11)16(22)19(2)10-15(21)20-7-5-12(6-8-20)17(23)24/h3-4,9,12H,5-8,10H2,1-2H3,(H,23,24). The summed E-state index contributed by atoms with van der Waals surface area (Å²) < 4.78 is 0.703. The van der Waals surface area contributed by atoms with Gasteiger partial charge < -0.3 is 14.9 Å². The van der Waals surface area contributed by atoms with Crippen LogP contribution in [0.1, 0.15) is 28.8 Å². The minimum atomic E-state index is -0.807. The molecule has 2 rings (SSSR count). The predicted octanol–water partition coefficient (Wildman–Crippen LogP) is 2.15. The second kappa shape index (κ2) is 7.79. The highest BCUT2D eigenvalue weighted by Gasteiger charge is 2.28. The maximum absolute atomic E-state index is 12.5. The highest BCUT2D eigenvalue weighted by atomic mass is 79.9. The van der Waals surface area contributed by atoms with Gasteiger partial charge in [0.25, 0.3) is 5.91 Å². The molecule has 1 aliphatic rings. The number of aliphatic carboxylic acids is 1. The van der Waals surface area contributed by atoms with Crippen molar-refractivity contribution in [3.05, 3.63) is 33.8 Å². The van der Waals surface area contributed by atoms with E-state index < -0.39 is 5.97 Å². The summed E-state index contributed by atoms with van der Waals surface area (Å²) in [5, 5.41) is 8.99. The van der Waals surface area contributed by atoms with Crippen LogP contribution in [0.2, 0.25) is 0 Å². The van der Waals surface area contributed by atoms with Crippen molar-refractivity contribution in [3.8, 4) is 0 Å². The molecule has 0 spiro atoms. The molecule has 1 heterocycles. The molecule has 1 aromatic carbocycles. The minimum Gasteiger partial charge on any atom is -0.481 e. The van der Waals surface area contributed by atoms with E-state index in [0.29, 0.717) is 36.0 Å². The molecule has 0 aliphatic carbocycles. The van der Waals surface area contributed by atoms with Crippen LogP contribution in [0.25, 0.3) is 0 Å². The van der Waals surface area contributed by atoms with Crippen LogP contribution >= 0.6 is 15.9 Å². The molecule has 1 aliphatic heterocycles. The second-order valence-electron chi connectivity index (χ2n) is 6.14. The molecule has 1 saturated heterocycles. The lowest BCUT2D eigenvalue weighted by molar-refractivity contribution is -0.145. The molecule has 0 atom stereocenters. The number of carbonyl (C=O) groups excluding carboxylic acids is 2. The summed E-state index contributed by atoms with van der Waals surface area (Å²) in [7, 11) is 1.59. The van der Waals surface area contributed by atoms with Crippen molar-refractivity contribution >= 4 is 33.7 Å². The van der Waals surface area contributed by atoms with Crippen LogP contribution in [0.4, 0.5) is 0 Å². The lowest BCUT2D eigenvalue weighted by atomic mass is 9.97. The number of hydrogen-bond acceptors (Lipinski definition) is 3. The number of benzene rings is 1. The lowest BCUT2D eigenvalue weighted by Crippen LogP contribution is -2.45. The largest absolute Gasteiger partial charge is 0.481 e. The number of carboxylic acids is 1. The summed E-state index contributed by atoms with van der Waals surface area (Å²) in [4.78, 5) is 38.8. The first kappa shape index (κ1) is 18.4. The minimum absolute atomic E-state index is 0.0170. The van der Waals surface area contributed by atoms with Crippen LogP contribution in [-0.4, -0.2) is 59.4 Å². The van der Waals surface area contributed by atoms with E-state index >= 15 is 0 Å². The van der Waals surface area contributed by atoms with Crippen molar-refractivity contribution in [1.29, 1.82) is 0 Å². The van der Waals surface area contributed by atoms with Crippen molar-refractivity contribution < 1.29 is 19.5 Å². The van der Waals surface area contributed by atoms with Gasteiger partial charge in [0.1, 0.15) is 0 Å². The zero-order valence-corrected chi connectivity index (χ0v) is 15.4. The summed E-state index contributed by atoms with van der Waals surface area (Å²) >= 11 is 3.38. The van der Waals surface area contributed by atoms with Gasteiger partial charge in [-0.2, -0.15) is 0 Å². The van der Waals surface area contributed by atoms with Crippen molar-refractivity contribution in [2.75, 3.05) is 26.7 Å². The maximum Gasteiger partial charge on any atom is 0.306 e. The number of carbonyl (C=O) groups is 3. The molecular weight excluding hydrogens is 376 g/mol. The van der Waals surface area contributed by atoms with Gasteiger partial charge in [0, 0.05) is 24.6 Å². The van der Waals surface area contributed by atoms with E-state index in [0.717, 1.165) is 5.56 Å². The molecular formula is C17H21BrN2O4. The van der Waals surface area contributed by atoms with Gasteiger partial charge in [-0.05, 0) is 53.4 Å². The molecule has 130 valence electrons. The Morgan fingerprint density at radius 1 is 1.29 bits per heavy atom. The third kappa shape index (κ3) is 4.35. The number of likely N-dealkylation sites (N-methyl/N-ethyl adjacent to an activating group) is 1. The lowest BCUT2D eigenvalue weighted by Gasteiger charge is -2.31. The van der Waals surface area contributed by atoms with Crippen molar-refractivity contribution in [2.24, 2.45) is 5.92 Å². The fourth-order valence-corrected chi connectivity index (χ4v) is 3.41. The van der Waals surface area contributed by atoms with E-state index in [1.807, 2.05) is 19.1 Å². The molecule has 6 nitrogen and oxygen atoms in total. The fourth-order valence-electron chi connectivity index (χ4n) is 2.75. The van der Waals surface area contributed by atoms with Crippen molar-refractivity contribution in [1.82, 2.24) is 9.80 Å². The molecule has 1 aromatic rings. The Morgan fingerprint density at radius 2 is 1.92 bits per heavy atom. The monoisotopic (exact) mass is 396 g/mol. The fraction of sp³-hybridized carbons (Fsp3) is 0.471. The first-order chi connectivity index (χ1) is 11.3. The average Bonchev–Trinajstić information content (AvgIpc) is 2.54. The molecule has 1 fully saturated rings. The Morgan fingerprint density at radius 3 is 2.46 bits per heavy atom. The van der Waals surface area contributed by atoms with Gasteiger partial charge in [0.2, 0.25) is 5.91 Å². The molecule has 7 heteroatoms. The van der Waals surface area contributed by atoms with Crippen molar-refractivity contribution in [2.45, 2.75) is 19.8 Å².